The molecule has 1 aliphatic rings. The number of hydrogen-bond acceptors (Lipinski definition) is 3. The van der Waals surface area contributed by atoms with Gasteiger partial charge in [0.05, 0.1) is 0 Å². The molecular weight excluding hydrogens is 389 g/mol. The average molecular weight is 417 g/mol. The fourth-order valence-electron chi connectivity index (χ4n) is 2.05. The number of nitrogens with one attached hydrogen (secondary N) is 2. The topological polar surface area (TPSA) is 36.4 Å². The smallest absolute Gasteiger partial charge is 0.191 e. The van der Waals surface area contributed by atoms with Crippen molar-refractivity contribution in [2.45, 2.75) is 37.4 Å². The maximum absolute atomic E-state index is 4.28. The van der Waals surface area contributed by atoms with E-state index in [2.05, 4.69) is 40.6 Å². The van der Waals surface area contributed by atoms with Crippen molar-refractivity contribution in [2.24, 2.45) is 4.99 Å². The second-order valence-corrected chi connectivity index (χ2v) is 7.62. The summed E-state index contributed by atoms with van der Waals surface area (Å²) >= 11 is 4.00. The molecule has 2 N–H and O–H groups in total. The number of unbranched alkanes of at least 4 members (excludes halogenated alkanes) is 1. The van der Waals surface area contributed by atoms with Gasteiger partial charge < -0.3 is 10.6 Å². The number of halogens is 1. The molecule has 0 radical (unpaired) electrons. The Morgan fingerprint density at radius 3 is 2.74 bits per heavy atom. The summed E-state index contributed by atoms with van der Waals surface area (Å²) in [5.41, 5.74) is 0. The van der Waals surface area contributed by atoms with E-state index in [0.717, 1.165) is 19.0 Å². The molecule has 1 fully saturated rings. The Bertz CT molecular complexity index is 256. The normalized spacial score (nSPS) is 23.0. The number of thioether (sulfide) groups is 2. The molecule has 1 heterocycles. The molecule has 1 unspecified atom stereocenters. The van der Waals surface area contributed by atoms with Crippen molar-refractivity contribution in [2.75, 3.05) is 37.9 Å². The zero-order valence-electron chi connectivity index (χ0n) is 12.3. The molecule has 0 bridgehead atoms. The molecule has 0 saturated carbocycles. The van der Waals surface area contributed by atoms with Crippen LogP contribution < -0.4 is 10.6 Å². The summed E-state index contributed by atoms with van der Waals surface area (Å²) < 4.78 is 0.399. The summed E-state index contributed by atoms with van der Waals surface area (Å²) in [6.45, 7) is 4.38. The van der Waals surface area contributed by atoms with Crippen LogP contribution in [-0.4, -0.2) is 48.6 Å². The van der Waals surface area contributed by atoms with Crippen LogP contribution in [-0.2, 0) is 0 Å². The van der Waals surface area contributed by atoms with Gasteiger partial charge in [-0.15, -0.1) is 24.0 Å². The quantitative estimate of drug-likeness (QED) is 0.289. The third-order valence-corrected chi connectivity index (χ3v) is 5.46. The maximum atomic E-state index is 4.28. The molecule has 0 amide bonds. The molecule has 0 aromatic rings. The lowest BCUT2D eigenvalue weighted by molar-refractivity contribution is 0.583. The van der Waals surface area contributed by atoms with Gasteiger partial charge in [0.25, 0.3) is 0 Å². The van der Waals surface area contributed by atoms with Crippen molar-refractivity contribution in [1.29, 1.82) is 0 Å². The van der Waals surface area contributed by atoms with Crippen molar-refractivity contribution in [3.63, 3.8) is 0 Å². The van der Waals surface area contributed by atoms with Crippen LogP contribution in [0.3, 0.4) is 0 Å². The van der Waals surface area contributed by atoms with Gasteiger partial charge in [0.2, 0.25) is 0 Å². The van der Waals surface area contributed by atoms with Gasteiger partial charge in [-0.3, -0.25) is 4.99 Å². The summed E-state index contributed by atoms with van der Waals surface area (Å²) in [4.78, 5) is 4.28. The minimum Gasteiger partial charge on any atom is -0.356 e. The molecule has 0 aliphatic carbocycles. The third kappa shape index (κ3) is 8.55. The molecule has 3 nitrogen and oxygen atoms in total. The number of rotatable bonds is 7. The first kappa shape index (κ1) is 19.7. The Hall–Kier alpha value is 0.700. The van der Waals surface area contributed by atoms with E-state index in [9.17, 15) is 0 Å². The Kier molecular flexibility index (Phi) is 11.8. The van der Waals surface area contributed by atoms with Crippen molar-refractivity contribution in [3.05, 3.63) is 0 Å². The zero-order valence-corrected chi connectivity index (χ0v) is 16.3. The molecule has 19 heavy (non-hydrogen) atoms. The van der Waals surface area contributed by atoms with E-state index in [4.69, 9.17) is 0 Å². The first-order valence-corrected chi connectivity index (χ1v) is 9.15. The Labute approximate surface area is 143 Å². The standard InChI is InChI=1S/C13H27N3S2.HI/c1-13(7-6-10-18-13)11-16-12(14-2)15-8-4-5-9-17-3;/h4-11H2,1-3H3,(H2,14,15,16);1H. The van der Waals surface area contributed by atoms with Gasteiger partial charge in [-0.05, 0) is 50.4 Å². The van der Waals surface area contributed by atoms with Gasteiger partial charge in [-0.2, -0.15) is 23.5 Å². The SMILES string of the molecule is CN=C(NCCCCSC)NCC1(C)CCCS1.I. The molecule has 0 aromatic heterocycles. The van der Waals surface area contributed by atoms with Gasteiger partial charge in [0, 0.05) is 24.9 Å². The monoisotopic (exact) mass is 417 g/mol. The fourth-order valence-corrected chi connectivity index (χ4v) is 3.78. The molecule has 1 atom stereocenters. The van der Waals surface area contributed by atoms with Crippen LogP contribution in [0, 0.1) is 0 Å². The molecular formula is C13H28IN3S2. The van der Waals surface area contributed by atoms with Crippen LogP contribution in [0.1, 0.15) is 32.6 Å². The average Bonchev–Trinajstić information content (AvgIpc) is 2.80. The lowest BCUT2D eigenvalue weighted by Gasteiger charge is -2.24. The van der Waals surface area contributed by atoms with Gasteiger partial charge in [-0.1, -0.05) is 0 Å². The van der Waals surface area contributed by atoms with E-state index >= 15 is 0 Å². The van der Waals surface area contributed by atoms with Gasteiger partial charge in [0.15, 0.2) is 5.96 Å². The molecule has 0 spiro atoms. The van der Waals surface area contributed by atoms with Crippen LogP contribution in [0.25, 0.3) is 0 Å². The molecule has 114 valence electrons. The highest BCUT2D eigenvalue weighted by molar-refractivity contribution is 14.0. The second kappa shape index (κ2) is 11.4. The van der Waals surface area contributed by atoms with Crippen LogP contribution in [0.4, 0.5) is 0 Å². The summed E-state index contributed by atoms with van der Waals surface area (Å²) in [6.07, 6.45) is 7.32. The van der Waals surface area contributed by atoms with Crippen molar-refractivity contribution < 1.29 is 0 Å². The molecule has 6 heteroatoms. The van der Waals surface area contributed by atoms with E-state index < -0.39 is 0 Å². The Morgan fingerprint density at radius 2 is 2.16 bits per heavy atom. The van der Waals surface area contributed by atoms with Crippen LogP contribution in [0.5, 0.6) is 0 Å². The molecule has 0 aromatic carbocycles. The fraction of sp³-hybridized carbons (Fsp3) is 0.923. The minimum atomic E-state index is 0. The van der Waals surface area contributed by atoms with Crippen LogP contribution in [0.2, 0.25) is 0 Å². The highest BCUT2D eigenvalue weighted by Gasteiger charge is 2.29. The molecule has 1 rings (SSSR count). The highest BCUT2D eigenvalue weighted by atomic mass is 127. The van der Waals surface area contributed by atoms with Gasteiger partial charge in [0.1, 0.15) is 0 Å². The Balaban J connectivity index is 0.00000324. The van der Waals surface area contributed by atoms with Gasteiger partial charge in [-0.25, -0.2) is 0 Å². The third-order valence-electron chi connectivity index (χ3n) is 3.22. The lowest BCUT2D eigenvalue weighted by Crippen LogP contribution is -2.43. The van der Waals surface area contributed by atoms with E-state index in [1.807, 2.05) is 18.8 Å². The zero-order chi connectivity index (χ0) is 13.3. The molecule has 1 aliphatic heterocycles. The van der Waals surface area contributed by atoms with Crippen molar-refractivity contribution in [1.82, 2.24) is 10.6 Å². The number of hydrogen-bond donors (Lipinski definition) is 2. The van der Waals surface area contributed by atoms with E-state index in [1.54, 1.807) is 0 Å². The van der Waals surface area contributed by atoms with Gasteiger partial charge >= 0.3 is 0 Å². The highest BCUT2D eigenvalue weighted by Crippen LogP contribution is 2.36. The summed E-state index contributed by atoms with van der Waals surface area (Å²) in [5, 5.41) is 6.85. The maximum Gasteiger partial charge on any atom is 0.191 e. The lowest BCUT2D eigenvalue weighted by atomic mass is 10.1. The number of aliphatic imine (C=N–C) groups is 1. The number of guanidine groups is 1. The van der Waals surface area contributed by atoms with Crippen molar-refractivity contribution in [3.8, 4) is 0 Å². The van der Waals surface area contributed by atoms with E-state index in [1.165, 1.54) is 37.2 Å². The van der Waals surface area contributed by atoms with Crippen LogP contribution >= 0.6 is 47.5 Å². The van der Waals surface area contributed by atoms with Crippen molar-refractivity contribution >= 4 is 53.5 Å². The van der Waals surface area contributed by atoms with Crippen LogP contribution in [0.15, 0.2) is 4.99 Å². The summed E-state index contributed by atoms with van der Waals surface area (Å²) in [7, 11) is 1.85. The second-order valence-electron chi connectivity index (χ2n) is 4.95. The first-order chi connectivity index (χ1) is 8.70. The van der Waals surface area contributed by atoms with E-state index in [0.29, 0.717) is 4.75 Å². The largest absolute Gasteiger partial charge is 0.356 e. The number of nitrogens with zero attached hydrogens (tertiary/aromatic N) is 1. The predicted octanol–water partition coefficient (Wildman–Crippen LogP) is 3.20. The first-order valence-electron chi connectivity index (χ1n) is 6.77. The predicted molar refractivity (Wildman–Crippen MR) is 102 cm³/mol. The van der Waals surface area contributed by atoms with E-state index in [-0.39, 0.29) is 24.0 Å². The summed E-state index contributed by atoms with van der Waals surface area (Å²) in [6, 6.07) is 0. The minimum absolute atomic E-state index is 0. The Morgan fingerprint density at radius 1 is 1.37 bits per heavy atom. The molecule has 1 saturated heterocycles. The summed E-state index contributed by atoms with van der Waals surface area (Å²) in [5.74, 6) is 3.51.